The van der Waals surface area contributed by atoms with E-state index in [0.29, 0.717) is 6.54 Å². The molecule has 2 aromatic carbocycles. The van der Waals surface area contributed by atoms with E-state index in [4.69, 9.17) is 0 Å². The first-order valence-electron chi connectivity index (χ1n) is 12.3. The third kappa shape index (κ3) is 3.92. The molecule has 1 aliphatic heterocycles. The Bertz CT molecular complexity index is 1350. The number of anilines is 2. The third-order valence-corrected chi connectivity index (χ3v) is 8.52. The minimum atomic E-state index is -0.191. The summed E-state index contributed by atoms with van der Waals surface area (Å²) in [5, 5.41) is 4.45. The van der Waals surface area contributed by atoms with Crippen LogP contribution in [0, 0.1) is 0 Å². The number of aryl methyl sites for hydroxylation is 1. The van der Waals surface area contributed by atoms with Crippen LogP contribution in [0.4, 0.5) is 16.2 Å². The molecule has 6 heteroatoms. The molecular weight excluding hydrogens is 452 g/mol. The van der Waals surface area contributed by atoms with Gasteiger partial charge in [-0.15, -0.1) is 11.3 Å². The molecule has 0 saturated heterocycles. The predicted molar refractivity (Wildman–Crippen MR) is 144 cm³/mol. The van der Waals surface area contributed by atoms with Gasteiger partial charge in [0.15, 0.2) is 0 Å². The molecule has 3 heterocycles. The van der Waals surface area contributed by atoms with E-state index in [1.165, 1.54) is 33.8 Å². The molecule has 0 saturated carbocycles. The van der Waals surface area contributed by atoms with Gasteiger partial charge in [-0.2, -0.15) is 0 Å². The maximum Gasteiger partial charge on any atom is 0.322 e. The van der Waals surface area contributed by atoms with E-state index >= 15 is 0 Å². The summed E-state index contributed by atoms with van der Waals surface area (Å²) < 4.78 is 2.33. The number of nitrogens with zero attached hydrogens (tertiary/aromatic N) is 3. The Hall–Kier alpha value is -3.51. The van der Waals surface area contributed by atoms with Crippen LogP contribution in [-0.4, -0.2) is 29.6 Å². The number of rotatable bonds is 3. The van der Waals surface area contributed by atoms with Gasteiger partial charge in [0.25, 0.3) is 0 Å². The van der Waals surface area contributed by atoms with Gasteiger partial charge in [0, 0.05) is 42.1 Å². The number of urea groups is 1. The molecule has 1 N–H and O–H groups in total. The monoisotopic (exact) mass is 482 g/mol. The van der Waals surface area contributed by atoms with E-state index < -0.39 is 0 Å². The largest absolute Gasteiger partial charge is 0.378 e. The Morgan fingerprint density at radius 1 is 0.943 bits per heavy atom. The molecule has 0 bridgehead atoms. The molecule has 5 nitrogen and oxygen atoms in total. The number of carbonyl (C=O) groups is 1. The van der Waals surface area contributed by atoms with Crippen molar-refractivity contribution in [1.29, 1.82) is 0 Å². The molecule has 2 amide bonds. The molecule has 1 aliphatic carbocycles. The highest BCUT2D eigenvalue weighted by atomic mass is 32.1. The molecule has 0 unspecified atom stereocenters. The average Bonchev–Trinajstić information content (AvgIpc) is 3.46. The zero-order chi connectivity index (χ0) is 23.9. The summed E-state index contributed by atoms with van der Waals surface area (Å²) in [6.07, 6.45) is 6.89. The van der Waals surface area contributed by atoms with E-state index in [9.17, 15) is 4.79 Å². The predicted octanol–water partition coefficient (Wildman–Crippen LogP) is 6.62. The van der Waals surface area contributed by atoms with Crippen LogP contribution in [0.15, 0.2) is 72.9 Å². The number of hydrogen-bond donors (Lipinski definition) is 1. The van der Waals surface area contributed by atoms with Crippen LogP contribution < -0.4 is 10.2 Å². The topological polar surface area (TPSA) is 40.5 Å². The number of carbonyl (C=O) groups excluding carboxylic acids is 1. The lowest BCUT2D eigenvalue weighted by Gasteiger charge is -2.31. The summed E-state index contributed by atoms with van der Waals surface area (Å²) >= 11 is 1.92. The fraction of sp³-hybridized carbons (Fsp3) is 0.276. The molecule has 4 aromatic rings. The molecule has 6 rings (SSSR count). The van der Waals surface area contributed by atoms with Crippen LogP contribution in [0.25, 0.3) is 5.00 Å². The number of para-hydroxylation sites is 1. The van der Waals surface area contributed by atoms with Crippen LogP contribution in [0.3, 0.4) is 0 Å². The van der Waals surface area contributed by atoms with E-state index in [1.54, 1.807) is 0 Å². The van der Waals surface area contributed by atoms with Crippen LogP contribution >= 0.6 is 11.3 Å². The second-order valence-corrected chi connectivity index (χ2v) is 10.7. The molecule has 2 aromatic heterocycles. The number of fused-ring (bicyclic) bond motifs is 5. The van der Waals surface area contributed by atoms with Crippen molar-refractivity contribution in [2.24, 2.45) is 0 Å². The fourth-order valence-electron chi connectivity index (χ4n) is 5.41. The van der Waals surface area contributed by atoms with Crippen molar-refractivity contribution in [3.8, 4) is 5.00 Å². The SMILES string of the molecule is CN(C)c1ccc([C@@H]2c3cccn3-c3sc4c(c3CN2C(=O)Nc2ccccc2)CCCC4)cc1. The molecule has 0 radical (unpaired) electrons. The molecule has 2 aliphatic rings. The minimum absolute atomic E-state index is 0.0748. The maximum atomic E-state index is 13.9. The first kappa shape index (κ1) is 22.0. The molecule has 0 spiro atoms. The van der Waals surface area contributed by atoms with Crippen molar-refractivity contribution in [1.82, 2.24) is 9.47 Å². The van der Waals surface area contributed by atoms with Crippen molar-refractivity contribution in [2.75, 3.05) is 24.3 Å². The Kier molecular flexibility index (Phi) is 5.61. The number of hydrogen-bond acceptors (Lipinski definition) is 3. The van der Waals surface area contributed by atoms with E-state index in [-0.39, 0.29) is 12.1 Å². The summed E-state index contributed by atoms with van der Waals surface area (Å²) in [5.41, 5.74) is 6.98. The Balaban J connectivity index is 1.49. The van der Waals surface area contributed by atoms with Crippen LogP contribution in [0.1, 0.15) is 46.1 Å². The number of aromatic nitrogens is 1. The van der Waals surface area contributed by atoms with Gasteiger partial charge in [0.05, 0.1) is 18.3 Å². The lowest BCUT2D eigenvalue weighted by molar-refractivity contribution is 0.194. The van der Waals surface area contributed by atoms with Crippen LogP contribution in [-0.2, 0) is 19.4 Å². The van der Waals surface area contributed by atoms with E-state index in [1.807, 2.05) is 60.7 Å². The van der Waals surface area contributed by atoms with Crippen LogP contribution in [0.5, 0.6) is 0 Å². The first-order valence-corrected chi connectivity index (χ1v) is 13.1. The highest BCUT2D eigenvalue weighted by molar-refractivity contribution is 7.15. The molecule has 35 heavy (non-hydrogen) atoms. The summed E-state index contributed by atoms with van der Waals surface area (Å²) in [5.74, 6) is 0. The van der Waals surface area contributed by atoms with E-state index in [2.05, 4.69) is 57.4 Å². The number of benzene rings is 2. The average molecular weight is 483 g/mol. The number of amides is 2. The summed E-state index contributed by atoms with van der Waals surface area (Å²) in [6, 6.07) is 22.4. The second kappa shape index (κ2) is 8.93. The fourth-order valence-corrected chi connectivity index (χ4v) is 6.81. The van der Waals surface area contributed by atoms with Gasteiger partial charge in [0.1, 0.15) is 5.00 Å². The van der Waals surface area contributed by atoms with Gasteiger partial charge < -0.3 is 19.7 Å². The highest BCUT2D eigenvalue weighted by Gasteiger charge is 2.36. The lowest BCUT2D eigenvalue weighted by Crippen LogP contribution is -2.38. The zero-order valence-corrected chi connectivity index (χ0v) is 21.0. The van der Waals surface area contributed by atoms with Gasteiger partial charge in [-0.05, 0) is 73.2 Å². The van der Waals surface area contributed by atoms with Gasteiger partial charge in [-0.1, -0.05) is 30.3 Å². The summed E-state index contributed by atoms with van der Waals surface area (Å²) in [4.78, 5) is 19.5. The Morgan fingerprint density at radius 2 is 1.71 bits per heavy atom. The number of nitrogens with one attached hydrogen (secondary N) is 1. The molecular formula is C29H30N4OS. The zero-order valence-electron chi connectivity index (χ0n) is 20.2. The summed E-state index contributed by atoms with van der Waals surface area (Å²) in [6.45, 7) is 0.599. The smallest absolute Gasteiger partial charge is 0.322 e. The van der Waals surface area contributed by atoms with Crippen molar-refractivity contribution in [3.05, 3.63) is 100 Å². The lowest BCUT2D eigenvalue weighted by atomic mass is 9.95. The standard InChI is InChI=1S/C29H30N4OS/c1-31(2)22-16-14-20(15-17-22)27-25-12-8-18-32(25)28-24(23-11-6-7-13-26(23)35-28)19-33(27)29(34)30-21-9-4-3-5-10-21/h3-5,8-10,12,14-18,27H,6-7,11,13,19H2,1-2H3,(H,30,34)/t27-/m1/s1. The van der Waals surface area contributed by atoms with Crippen molar-refractivity contribution < 1.29 is 4.79 Å². The van der Waals surface area contributed by atoms with Gasteiger partial charge in [-0.25, -0.2) is 4.79 Å². The van der Waals surface area contributed by atoms with Crippen molar-refractivity contribution in [3.63, 3.8) is 0 Å². The Morgan fingerprint density at radius 3 is 2.49 bits per heavy atom. The highest BCUT2D eigenvalue weighted by Crippen LogP contribution is 2.44. The first-order chi connectivity index (χ1) is 17.1. The van der Waals surface area contributed by atoms with Crippen molar-refractivity contribution >= 4 is 28.7 Å². The van der Waals surface area contributed by atoms with Crippen LogP contribution in [0.2, 0.25) is 0 Å². The molecule has 1 atom stereocenters. The van der Waals surface area contributed by atoms with Gasteiger partial charge in [0.2, 0.25) is 0 Å². The third-order valence-electron chi connectivity index (χ3n) is 7.19. The summed E-state index contributed by atoms with van der Waals surface area (Å²) in [7, 11) is 4.10. The molecule has 0 fully saturated rings. The van der Waals surface area contributed by atoms with Gasteiger partial charge in [-0.3, -0.25) is 0 Å². The van der Waals surface area contributed by atoms with E-state index in [0.717, 1.165) is 35.5 Å². The quantitative estimate of drug-likeness (QED) is 0.356. The maximum absolute atomic E-state index is 13.9. The molecule has 178 valence electrons. The van der Waals surface area contributed by atoms with Gasteiger partial charge >= 0.3 is 6.03 Å². The Labute approximate surface area is 210 Å². The minimum Gasteiger partial charge on any atom is -0.378 e. The normalized spacial score (nSPS) is 16.6. The second-order valence-electron chi connectivity index (χ2n) is 9.61. The number of thiophene rings is 1. The van der Waals surface area contributed by atoms with Crippen molar-refractivity contribution in [2.45, 2.75) is 38.3 Å².